The molecule has 0 spiro atoms. The summed E-state index contributed by atoms with van der Waals surface area (Å²) in [5, 5.41) is 3.70. The third-order valence-corrected chi connectivity index (χ3v) is 1.86. The number of rotatable bonds is 1. The first-order chi connectivity index (χ1) is 7.18. The van der Waals surface area contributed by atoms with Crippen molar-refractivity contribution in [1.82, 2.24) is 14.8 Å². The van der Waals surface area contributed by atoms with Crippen LogP contribution < -0.4 is 11.5 Å². The van der Waals surface area contributed by atoms with Crippen LogP contribution >= 0.6 is 0 Å². The van der Waals surface area contributed by atoms with Crippen molar-refractivity contribution in [2.24, 2.45) is 0 Å². The van der Waals surface area contributed by atoms with Crippen LogP contribution in [0.2, 0.25) is 0 Å². The minimum absolute atomic E-state index is 0.0126. The van der Waals surface area contributed by atoms with Crippen LogP contribution in [0.25, 0.3) is 0 Å². The maximum atomic E-state index is 11.8. The number of anilines is 2. The molecule has 2 aromatic rings. The van der Waals surface area contributed by atoms with Crippen molar-refractivity contribution in [2.45, 2.75) is 0 Å². The summed E-state index contributed by atoms with van der Waals surface area (Å²) in [5.41, 5.74) is 11.3. The number of nitrogens with zero attached hydrogens (tertiary/aromatic N) is 3. The van der Waals surface area contributed by atoms with Gasteiger partial charge in [0.05, 0.1) is 0 Å². The molecule has 0 unspecified atom stereocenters. The van der Waals surface area contributed by atoms with E-state index < -0.39 is 0 Å². The lowest BCUT2D eigenvalue weighted by Gasteiger charge is -2.00. The van der Waals surface area contributed by atoms with E-state index >= 15 is 0 Å². The molecule has 0 atom stereocenters. The van der Waals surface area contributed by atoms with Crippen LogP contribution in [-0.2, 0) is 0 Å². The van der Waals surface area contributed by atoms with Crippen molar-refractivity contribution in [3.8, 4) is 0 Å². The van der Waals surface area contributed by atoms with Gasteiger partial charge >= 0.3 is 0 Å². The highest BCUT2D eigenvalue weighted by atomic mass is 16.2. The number of hydrogen-bond acceptors (Lipinski definition) is 5. The van der Waals surface area contributed by atoms with Crippen LogP contribution in [0.5, 0.6) is 0 Å². The van der Waals surface area contributed by atoms with Gasteiger partial charge in [-0.2, -0.15) is 9.67 Å². The molecule has 0 aliphatic heterocycles. The van der Waals surface area contributed by atoms with E-state index in [2.05, 4.69) is 10.1 Å². The highest BCUT2D eigenvalue weighted by Crippen LogP contribution is 2.06. The number of carbonyl (C=O) groups excluding carboxylic acids is 1. The Morgan fingerprint density at radius 2 is 1.87 bits per heavy atom. The summed E-state index contributed by atoms with van der Waals surface area (Å²) in [6, 6.07) is 8.66. The molecule has 0 radical (unpaired) electrons. The molecule has 1 heterocycles. The third kappa shape index (κ3) is 1.64. The van der Waals surface area contributed by atoms with E-state index in [9.17, 15) is 4.79 Å². The molecule has 76 valence electrons. The molecule has 0 amide bonds. The second kappa shape index (κ2) is 3.41. The molecule has 6 nitrogen and oxygen atoms in total. The van der Waals surface area contributed by atoms with E-state index in [1.807, 2.05) is 6.07 Å². The summed E-state index contributed by atoms with van der Waals surface area (Å²) in [6.07, 6.45) is 0. The summed E-state index contributed by atoms with van der Waals surface area (Å²) >= 11 is 0. The van der Waals surface area contributed by atoms with Crippen LogP contribution in [0.4, 0.5) is 11.9 Å². The van der Waals surface area contributed by atoms with Crippen molar-refractivity contribution in [2.75, 3.05) is 11.5 Å². The molecule has 6 heteroatoms. The van der Waals surface area contributed by atoms with Crippen molar-refractivity contribution in [3.05, 3.63) is 35.9 Å². The van der Waals surface area contributed by atoms with Gasteiger partial charge in [0.1, 0.15) is 0 Å². The average Bonchev–Trinajstić information content (AvgIpc) is 2.58. The van der Waals surface area contributed by atoms with Gasteiger partial charge in [-0.15, -0.1) is 5.10 Å². The Kier molecular flexibility index (Phi) is 2.09. The van der Waals surface area contributed by atoms with Crippen molar-refractivity contribution in [1.29, 1.82) is 0 Å². The van der Waals surface area contributed by atoms with Gasteiger partial charge in [0, 0.05) is 5.56 Å². The molecule has 0 saturated carbocycles. The van der Waals surface area contributed by atoms with Crippen LogP contribution in [-0.4, -0.2) is 20.7 Å². The fourth-order valence-corrected chi connectivity index (χ4v) is 1.19. The van der Waals surface area contributed by atoms with Crippen LogP contribution in [0.1, 0.15) is 10.4 Å². The molecule has 4 N–H and O–H groups in total. The molecule has 15 heavy (non-hydrogen) atoms. The van der Waals surface area contributed by atoms with E-state index in [0.29, 0.717) is 5.56 Å². The molecule has 1 aromatic carbocycles. The summed E-state index contributed by atoms with van der Waals surface area (Å²) in [6.45, 7) is 0. The predicted molar refractivity (Wildman–Crippen MR) is 55.0 cm³/mol. The fourth-order valence-electron chi connectivity index (χ4n) is 1.19. The second-order valence-corrected chi connectivity index (χ2v) is 2.91. The van der Waals surface area contributed by atoms with Gasteiger partial charge in [0.15, 0.2) is 0 Å². The normalized spacial score (nSPS) is 10.1. The standard InChI is InChI=1S/C9H9N5O/c10-8-12-9(11)14(13-8)7(15)6-4-2-1-3-5-6/h1-5H,(H4,10,11,12,13). The number of nitrogen functional groups attached to an aromatic ring is 2. The number of benzene rings is 1. The van der Waals surface area contributed by atoms with Gasteiger partial charge in [-0.3, -0.25) is 4.79 Å². The third-order valence-electron chi connectivity index (χ3n) is 1.86. The fraction of sp³-hybridized carbons (Fsp3) is 0. The lowest BCUT2D eigenvalue weighted by atomic mass is 10.2. The van der Waals surface area contributed by atoms with Gasteiger partial charge in [0.2, 0.25) is 11.9 Å². The van der Waals surface area contributed by atoms with Gasteiger partial charge < -0.3 is 11.5 Å². The number of nitrogens with two attached hydrogens (primary N) is 2. The molecule has 0 aliphatic carbocycles. The molecule has 0 saturated heterocycles. The number of aromatic nitrogens is 3. The Hall–Kier alpha value is -2.37. The van der Waals surface area contributed by atoms with E-state index in [4.69, 9.17) is 11.5 Å². The van der Waals surface area contributed by atoms with Crippen LogP contribution in [0.15, 0.2) is 30.3 Å². The maximum absolute atomic E-state index is 11.8. The first-order valence-corrected chi connectivity index (χ1v) is 4.26. The predicted octanol–water partition coefficient (Wildman–Crippen LogP) is 0.131. The largest absolute Gasteiger partial charge is 0.368 e. The minimum Gasteiger partial charge on any atom is -0.368 e. The first-order valence-electron chi connectivity index (χ1n) is 4.26. The molecule has 2 rings (SSSR count). The Bertz CT molecular complexity index is 490. The molecule has 0 fully saturated rings. The zero-order valence-electron chi connectivity index (χ0n) is 7.79. The lowest BCUT2D eigenvalue weighted by Crippen LogP contribution is -2.16. The minimum atomic E-state index is -0.350. The molecular weight excluding hydrogens is 194 g/mol. The van der Waals surface area contributed by atoms with Gasteiger partial charge in [-0.05, 0) is 12.1 Å². The summed E-state index contributed by atoms with van der Waals surface area (Å²) in [4.78, 5) is 15.4. The van der Waals surface area contributed by atoms with Crippen molar-refractivity contribution < 1.29 is 4.79 Å². The zero-order chi connectivity index (χ0) is 10.8. The Morgan fingerprint density at radius 3 is 2.40 bits per heavy atom. The Morgan fingerprint density at radius 1 is 1.20 bits per heavy atom. The van der Waals surface area contributed by atoms with E-state index in [1.165, 1.54) is 0 Å². The highest BCUT2D eigenvalue weighted by Gasteiger charge is 2.13. The average molecular weight is 203 g/mol. The van der Waals surface area contributed by atoms with E-state index in [-0.39, 0.29) is 17.8 Å². The smallest absolute Gasteiger partial charge is 0.281 e. The Labute approximate surface area is 85.5 Å². The quantitative estimate of drug-likeness (QED) is 0.686. The summed E-state index contributed by atoms with van der Waals surface area (Å²) < 4.78 is 0.977. The van der Waals surface area contributed by atoms with Gasteiger partial charge in [0.25, 0.3) is 5.91 Å². The van der Waals surface area contributed by atoms with Crippen LogP contribution in [0.3, 0.4) is 0 Å². The first kappa shape index (κ1) is 9.20. The second-order valence-electron chi connectivity index (χ2n) is 2.91. The van der Waals surface area contributed by atoms with Crippen molar-refractivity contribution in [3.63, 3.8) is 0 Å². The van der Waals surface area contributed by atoms with E-state index in [0.717, 1.165) is 4.68 Å². The number of hydrogen-bond donors (Lipinski definition) is 2. The number of carbonyl (C=O) groups is 1. The summed E-state index contributed by atoms with van der Waals surface area (Å²) in [7, 11) is 0. The topological polar surface area (TPSA) is 99.8 Å². The van der Waals surface area contributed by atoms with Crippen LogP contribution in [0, 0.1) is 0 Å². The SMILES string of the molecule is Nc1nc(N)n(C(=O)c2ccccc2)n1. The monoisotopic (exact) mass is 203 g/mol. The lowest BCUT2D eigenvalue weighted by molar-refractivity contribution is 0.0948. The maximum Gasteiger partial charge on any atom is 0.281 e. The van der Waals surface area contributed by atoms with Gasteiger partial charge in [-0.1, -0.05) is 18.2 Å². The van der Waals surface area contributed by atoms with Gasteiger partial charge in [-0.25, -0.2) is 0 Å². The highest BCUT2D eigenvalue weighted by molar-refractivity contribution is 5.96. The van der Waals surface area contributed by atoms with Crippen molar-refractivity contribution >= 4 is 17.8 Å². The molecule has 1 aromatic heterocycles. The molecule has 0 aliphatic rings. The van der Waals surface area contributed by atoms with E-state index in [1.54, 1.807) is 24.3 Å². The molecular formula is C9H9N5O. The zero-order valence-corrected chi connectivity index (χ0v) is 7.79. The summed E-state index contributed by atoms with van der Waals surface area (Å²) in [5.74, 6) is -0.379. The Balaban J connectivity index is 2.41. The molecule has 0 bridgehead atoms.